The van der Waals surface area contributed by atoms with Gasteiger partial charge in [0.1, 0.15) is 11.6 Å². The van der Waals surface area contributed by atoms with Gasteiger partial charge in [0.25, 0.3) is 5.91 Å². The van der Waals surface area contributed by atoms with E-state index in [1.807, 2.05) is 0 Å². The third-order valence-electron chi connectivity index (χ3n) is 3.02. The second-order valence-corrected chi connectivity index (χ2v) is 7.47. The van der Waals surface area contributed by atoms with Crippen LogP contribution < -0.4 is 11.1 Å². The number of carbonyl (C=O) groups is 3. The van der Waals surface area contributed by atoms with Crippen molar-refractivity contribution in [2.45, 2.75) is 32.4 Å². The highest BCUT2D eigenvalue weighted by molar-refractivity contribution is 14.1. The number of hydrogen-bond acceptors (Lipinski definition) is 5. The van der Waals surface area contributed by atoms with Crippen molar-refractivity contribution in [1.82, 2.24) is 5.32 Å². The molecule has 1 aromatic rings. The van der Waals surface area contributed by atoms with Crippen LogP contribution in [0.3, 0.4) is 0 Å². The molecule has 1 rings (SSSR count). The fourth-order valence-corrected chi connectivity index (χ4v) is 2.17. The van der Waals surface area contributed by atoms with E-state index in [1.54, 1.807) is 45.0 Å². The number of halogens is 1. The van der Waals surface area contributed by atoms with E-state index < -0.39 is 35.4 Å². The number of ether oxygens (including phenoxy) is 1. The summed E-state index contributed by atoms with van der Waals surface area (Å²) in [6, 6.07) is 5.40. The van der Waals surface area contributed by atoms with Crippen LogP contribution >= 0.6 is 22.6 Å². The minimum Gasteiger partial charge on any atom is -0.481 e. The predicted octanol–water partition coefficient (Wildman–Crippen LogP) is 1.39. The van der Waals surface area contributed by atoms with Crippen LogP contribution in [0, 0.1) is 9.49 Å². The lowest BCUT2D eigenvalue weighted by Gasteiger charge is -2.25. The number of carboxylic acid groups (broad SMARTS) is 1. The molecule has 0 aliphatic rings. The zero-order chi connectivity index (χ0) is 18.5. The van der Waals surface area contributed by atoms with Gasteiger partial charge in [-0.05, 0) is 67.6 Å². The number of carboxylic acids is 1. The first kappa shape index (κ1) is 20.4. The van der Waals surface area contributed by atoms with Gasteiger partial charge >= 0.3 is 11.9 Å². The fourth-order valence-electron chi connectivity index (χ4n) is 1.81. The summed E-state index contributed by atoms with van der Waals surface area (Å²) < 4.78 is 6.07. The van der Waals surface area contributed by atoms with Gasteiger partial charge in [-0.1, -0.05) is 0 Å². The molecule has 2 atom stereocenters. The van der Waals surface area contributed by atoms with Crippen molar-refractivity contribution < 1.29 is 24.2 Å². The predicted molar refractivity (Wildman–Crippen MR) is 96.4 cm³/mol. The molecule has 0 bridgehead atoms. The lowest BCUT2D eigenvalue weighted by atomic mass is 10.00. The number of esters is 1. The van der Waals surface area contributed by atoms with E-state index in [0.29, 0.717) is 5.56 Å². The molecule has 132 valence electrons. The molecule has 0 fully saturated rings. The average Bonchev–Trinajstić information content (AvgIpc) is 2.45. The normalized spacial score (nSPS) is 13.7. The molecule has 0 heterocycles. The Bertz CT molecular complexity index is 610. The third-order valence-corrected chi connectivity index (χ3v) is 3.74. The number of rotatable bonds is 6. The van der Waals surface area contributed by atoms with Gasteiger partial charge in [0.05, 0.1) is 5.92 Å². The van der Waals surface area contributed by atoms with E-state index in [9.17, 15) is 19.5 Å². The Kier molecular flexibility index (Phi) is 7.15. The SMILES string of the molecule is CC(C)(C)OC(=O)C(N)C(CNC(=O)c1ccc(I)cc1)C(=O)O. The fraction of sp³-hybridized carbons (Fsp3) is 0.438. The first-order chi connectivity index (χ1) is 11.0. The van der Waals surface area contributed by atoms with E-state index in [2.05, 4.69) is 27.9 Å². The van der Waals surface area contributed by atoms with Crippen molar-refractivity contribution in [3.63, 3.8) is 0 Å². The van der Waals surface area contributed by atoms with Crippen molar-refractivity contribution in [2.24, 2.45) is 11.7 Å². The number of benzene rings is 1. The summed E-state index contributed by atoms with van der Waals surface area (Å²) in [5.41, 5.74) is 5.32. The van der Waals surface area contributed by atoms with Gasteiger partial charge in [0.15, 0.2) is 0 Å². The molecule has 0 aliphatic carbocycles. The van der Waals surface area contributed by atoms with Gasteiger partial charge < -0.3 is 20.9 Å². The van der Waals surface area contributed by atoms with Crippen LogP contribution in [-0.2, 0) is 14.3 Å². The lowest BCUT2D eigenvalue weighted by molar-refractivity contribution is -0.161. The molecule has 0 aromatic heterocycles. The monoisotopic (exact) mass is 448 g/mol. The Balaban J connectivity index is 2.72. The Hall–Kier alpha value is -1.68. The van der Waals surface area contributed by atoms with Crippen molar-refractivity contribution in [1.29, 1.82) is 0 Å². The number of nitrogens with two attached hydrogens (primary N) is 1. The quantitative estimate of drug-likeness (QED) is 0.447. The van der Waals surface area contributed by atoms with Crippen molar-refractivity contribution in [2.75, 3.05) is 6.54 Å². The highest BCUT2D eigenvalue weighted by Gasteiger charge is 2.34. The van der Waals surface area contributed by atoms with Gasteiger partial charge in [-0.3, -0.25) is 14.4 Å². The van der Waals surface area contributed by atoms with Crippen LogP contribution in [0.2, 0.25) is 0 Å². The number of amides is 1. The minimum atomic E-state index is -1.38. The van der Waals surface area contributed by atoms with Crippen molar-refractivity contribution in [3.8, 4) is 0 Å². The zero-order valence-electron chi connectivity index (χ0n) is 13.7. The molecule has 8 heteroatoms. The second-order valence-electron chi connectivity index (χ2n) is 6.22. The first-order valence-electron chi connectivity index (χ1n) is 7.26. The van der Waals surface area contributed by atoms with Gasteiger partial charge in [0, 0.05) is 15.7 Å². The molecule has 0 saturated heterocycles. The maximum Gasteiger partial charge on any atom is 0.324 e. The largest absolute Gasteiger partial charge is 0.481 e. The Morgan fingerprint density at radius 2 is 1.79 bits per heavy atom. The maximum atomic E-state index is 12.0. The van der Waals surface area contributed by atoms with E-state index in [-0.39, 0.29) is 6.54 Å². The summed E-state index contributed by atoms with van der Waals surface area (Å²) in [6.45, 7) is 4.70. The standard InChI is InChI=1S/C16H21IN2O5/c1-16(2,3)24-15(23)12(18)11(14(21)22)8-19-13(20)9-4-6-10(17)7-5-9/h4-7,11-12H,8,18H2,1-3H3,(H,19,20)(H,21,22). The smallest absolute Gasteiger partial charge is 0.324 e. The summed E-state index contributed by atoms with van der Waals surface area (Å²) in [5, 5.41) is 11.8. The second kappa shape index (κ2) is 8.43. The number of hydrogen-bond donors (Lipinski definition) is 3. The molecule has 0 spiro atoms. The average molecular weight is 448 g/mol. The third kappa shape index (κ3) is 6.44. The van der Waals surface area contributed by atoms with E-state index in [4.69, 9.17) is 10.5 Å². The Morgan fingerprint density at radius 3 is 2.25 bits per heavy atom. The molecular formula is C16H21IN2O5. The van der Waals surface area contributed by atoms with Gasteiger partial charge in [-0.25, -0.2) is 0 Å². The molecule has 0 radical (unpaired) electrons. The van der Waals surface area contributed by atoms with Gasteiger partial charge in [-0.2, -0.15) is 0 Å². The Morgan fingerprint density at radius 1 is 1.25 bits per heavy atom. The molecule has 2 unspecified atom stereocenters. The molecule has 4 N–H and O–H groups in total. The van der Waals surface area contributed by atoms with Crippen LogP contribution in [0.25, 0.3) is 0 Å². The number of carbonyl (C=O) groups excluding carboxylic acids is 2. The van der Waals surface area contributed by atoms with Crippen LogP contribution in [0.1, 0.15) is 31.1 Å². The van der Waals surface area contributed by atoms with Gasteiger partial charge in [0.2, 0.25) is 0 Å². The molecule has 0 saturated carbocycles. The first-order valence-corrected chi connectivity index (χ1v) is 8.34. The highest BCUT2D eigenvalue weighted by Crippen LogP contribution is 2.12. The summed E-state index contributed by atoms with van der Waals surface area (Å²) in [7, 11) is 0. The van der Waals surface area contributed by atoms with Crippen molar-refractivity contribution >= 4 is 40.4 Å². The number of aliphatic carboxylic acids is 1. The van der Waals surface area contributed by atoms with Crippen molar-refractivity contribution in [3.05, 3.63) is 33.4 Å². The molecule has 1 aromatic carbocycles. The summed E-state index contributed by atoms with van der Waals surface area (Å²) in [4.78, 5) is 35.3. The zero-order valence-corrected chi connectivity index (χ0v) is 15.9. The maximum absolute atomic E-state index is 12.0. The molecule has 24 heavy (non-hydrogen) atoms. The highest BCUT2D eigenvalue weighted by atomic mass is 127. The van der Waals surface area contributed by atoms with Crippen LogP contribution in [-0.4, -0.2) is 41.1 Å². The Labute approximate surface area is 154 Å². The topological polar surface area (TPSA) is 119 Å². The summed E-state index contributed by atoms with van der Waals surface area (Å²) in [5.74, 6) is -3.82. The molecule has 1 amide bonds. The van der Waals surface area contributed by atoms with Crippen LogP contribution in [0.4, 0.5) is 0 Å². The molecule has 7 nitrogen and oxygen atoms in total. The lowest BCUT2D eigenvalue weighted by Crippen LogP contribution is -2.49. The van der Waals surface area contributed by atoms with Gasteiger partial charge in [-0.15, -0.1) is 0 Å². The van der Waals surface area contributed by atoms with E-state index in [1.165, 1.54) is 0 Å². The molecule has 0 aliphatic heterocycles. The molecular weight excluding hydrogens is 427 g/mol. The van der Waals surface area contributed by atoms with E-state index >= 15 is 0 Å². The summed E-state index contributed by atoms with van der Waals surface area (Å²) in [6.07, 6.45) is 0. The van der Waals surface area contributed by atoms with E-state index in [0.717, 1.165) is 3.57 Å². The summed E-state index contributed by atoms with van der Waals surface area (Å²) >= 11 is 2.11. The minimum absolute atomic E-state index is 0.277. The number of nitrogens with one attached hydrogen (secondary N) is 1. The van der Waals surface area contributed by atoms with Crippen LogP contribution in [0.15, 0.2) is 24.3 Å². The van der Waals surface area contributed by atoms with Crippen LogP contribution in [0.5, 0.6) is 0 Å².